The Morgan fingerprint density at radius 3 is 2.44 bits per heavy atom. The second kappa shape index (κ2) is 7.13. The SMILES string of the molecule is CCC(CNCC(C)(C)C1CCCCC1)C(=O)O. The Kier molecular flexibility index (Phi) is 6.13. The van der Waals surface area contributed by atoms with Crippen LogP contribution in [-0.4, -0.2) is 24.2 Å². The van der Waals surface area contributed by atoms with Crippen LogP contribution in [0, 0.1) is 17.3 Å². The van der Waals surface area contributed by atoms with Crippen LogP contribution in [0.3, 0.4) is 0 Å². The molecule has 2 N–H and O–H groups in total. The molecule has 1 rings (SSSR count). The quantitative estimate of drug-likeness (QED) is 0.734. The molecule has 0 aliphatic heterocycles. The Hall–Kier alpha value is -0.570. The summed E-state index contributed by atoms with van der Waals surface area (Å²) in [4.78, 5) is 10.9. The molecule has 18 heavy (non-hydrogen) atoms. The van der Waals surface area contributed by atoms with E-state index >= 15 is 0 Å². The maximum Gasteiger partial charge on any atom is 0.307 e. The van der Waals surface area contributed by atoms with Gasteiger partial charge in [0, 0.05) is 13.1 Å². The summed E-state index contributed by atoms with van der Waals surface area (Å²) in [5, 5.41) is 12.4. The number of carboxylic acid groups (broad SMARTS) is 1. The highest BCUT2D eigenvalue weighted by Gasteiger charge is 2.30. The fraction of sp³-hybridized carbons (Fsp3) is 0.933. The van der Waals surface area contributed by atoms with Crippen LogP contribution in [0.5, 0.6) is 0 Å². The highest BCUT2D eigenvalue weighted by atomic mass is 16.4. The number of nitrogens with one attached hydrogen (secondary N) is 1. The van der Waals surface area contributed by atoms with Gasteiger partial charge in [0.15, 0.2) is 0 Å². The third kappa shape index (κ3) is 4.60. The van der Waals surface area contributed by atoms with Gasteiger partial charge in [0.05, 0.1) is 5.92 Å². The molecule has 0 aromatic carbocycles. The summed E-state index contributed by atoms with van der Waals surface area (Å²) < 4.78 is 0. The van der Waals surface area contributed by atoms with Gasteiger partial charge in [-0.25, -0.2) is 0 Å². The van der Waals surface area contributed by atoms with Crippen molar-refractivity contribution in [3.63, 3.8) is 0 Å². The van der Waals surface area contributed by atoms with Crippen LogP contribution < -0.4 is 5.32 Å². The van der Waals surface area contributed by atoms with Crippen molar-refractivity contribution >= 4 is 5.97 Å². The molecule has 3 nitrogen and oxygen atoms in total. The minimum Gasteiger partial charge on any atom is -0.481 e. The van der Waals surface area contributed by atoms with E-state index < -0.39 is 5.97 Å². The minimum atomic E-state index is -0.680. The van der Waals surface area contributed by atoms with E-state index in [4.69, 9.17) is 5.11 Å². The zero-order valence-electron chi connectivity index (χ0n) is 12.2. The van der Waals surface area contributed by atoms with Gasteiger partial charge in [0.2, 0.25) is 0 Å². The van der Waals surface area contributed by atoms with E-state index in [9.17, 15) is 4.79 Å². The molecule has 0 aromatic rings. The number of aliphatic carboxylic acids is 1. The van der Waals surface area contributed by atoms with Crippen LogP contribution in [0.1, 0.15) is 59.3 Å². The van der Waals surface area contributed by atoms with Crippen molar-refractivity contribution in [3.8, 4) is 0 Å². The molecular weight excluding hydrogens is 226 g/mol. The van der Waals surface area contributed by atoms with Crippen molar-refractivity contribution in [1.29, 1.82) is 0 Å². The van der Waals surface area contributed by atoms with Gasteiger partial charge in [-0.15, -0.1) is 0 Å². The highest BCUT2D eigenvalue weighted by Crippen LogP contribution is 2.37. The van der Waals surface area contributed by atoms with Gasteiger partial charge in [-0.05, 0) is 30.6 Å². The summed E-state index contributed by atoms with van der Waals surface area (Å²) in [6, 6.07) is 0. The molecular formula is C15H29NO2. The van der Waals surface area contributed by atoms with E-state index in [2.05, 4.69) is 19.2 Å². The van der Waals surface area contributed by atoms with Gasteiger partial charge in [-0.1, -0.05) is 40.0 Å². The molecule has 1 atom stereocenters. The van der Waals surface area contributed by atoms with E-state index in [1.165, 1.54) is 32.1 Å². The molecule has 0 bridgehead atoms. The summed E-state index contributed by atoms with van der Waals surface area (Å²) >= 11 is 0. The molecule has 1 fully saturated rings. The summed E-state index contributed by atoms with van der Waals surface area (Å²) in [7, 11) is 0. The first-order valence-corrected chi connectivity index (χ1v) is 7.41. The molecule has 0 radical (unpaired) electrons. The molecule has 0 heterocycles. The number of hydrogen-bond acceptors (Lipinski definition) is 2. The van der Waals surface area contributed by atoms with Gasteiger partial charge >= 0.3 is 5.97 Å². The summed E-state index contributed by atoms with van der Waals surface area (Å²) in [6.07, 6.45) is 7.49. The number of carbonyl (C=O) groups is 1. The number of hydrogen-bond donors (Lipinski definition) is 2. The lowest BCUT2D eigenvalue weighted by molar-refractivity contribution is -0.141. The first-order chi connectivity index (χ1) is 8.47. The second-order valence-corrected chi connectivity index (χ2v) is 6.40. The topological polar surface area (TPSA) is 49.3 Å². The van der Waals surface area contributed by atoms with Crippen LogP contribution in [-0.2, 0) is 4.79 Å². The number of rotatable bonds is 7. The van der Waals surface area contributed by atoms with E-state index in [1.54, 1.807) is 0 Å². The second-order valence-electron chi connectivity index (χ2n) is 6.40. The van der Waals surface area contributed by atoms with Crippen LogP contribution in [0.25, 0.3) is 0 Å². The van der Waals surface area contributed by atoms with Crippen molar-refractivity contribution in [2.75, 3.05) is 13.1 Å². The molecule has 1 saturated carbocycles. The monoisotopic (exact) mass is 255 g/mol. The lowest BCUT2D eigenvalue weighted by Gasteiger charge is -2.37. The molecule has 0 amide bonds. The lowest BCUT2D eigenvalue weighted by atomic mass is 9.71. The van der Waals surface area contributed by atoms with Crippen LogP contribution in [0.4, 0.5) is 0 Å². The molecule has 1 unspecified atom stereocenters. The van der Waals surface area contributed by atoms with E-state index in [-0.39, 0.29) is 11.3 Å². The highest BCUT2D eigenvalue weighted by molar-refractivity contribution is 5.70. The Balaban J connectivity index is 2.33. The summed E-state index contributed by atoms with van der Waals surface area (Å²) in [5.41, 5.74) is 0.289. The van der Waals surface area contributed by atoms with Gasteiger partial charge < -0.3 is 10.4 Å². The van der Waals surface area contributed by atoms with Crippen LogP contribution in [0.15, 0.2) is 0 Å². The molecule has 1 aliphatic rings. The maximum absolute atomic E-state index is 10.9. The Morgan fingerprint density at radius 1 is 1.33 bits per heavy atom. The maximum atomic E-state index is 10.9. The number of carboxylic acids is 1. The van der Waals surface area contributed by atoms with Crippen molar-refractivity contribution < 1.29 is 9.90 Å². The predicted octanol–water partition coefficient (Wildman–Crippen LogP) is 3.29. The molecule has 1 aliphatic carbocycles. The summed E-state index contributed by atoms with van der Waals surface area (Å²) in [6.45, 7) is 8.10. The van der Waals surface area contributed by atoms with Crippen LogP contribution in [0.2, 0.25) is 0 Å². The van der Waals surface area contributed by atoms with Crippen molar-refractivity contribution in [3.05, 3.63) is 0 Å². The Bertz CT molecular complexity index is 257. The van der Waals surface area contributed by atoms with Gasteiger partial charge in [0.25, 0.3) is 0 Å². The van der Waals surface area contributed by atoms with Gasteiger partial charge in [-0.2, -0.15) is 0 Å². The normalized spacial score (nSPS) is 19.7. The summed E-state index contributed by atoms with van der Waals surface area (Å²) in [5.74, 6) is -0.128. The third-order valence-corrected chi connectivity index (χ3v) is 4.52. The molecule has 3 heteroatoms. The average Bonchev–Trinajstić information content (AvgIpc) is 2.35. The molecule has 0 spiro atoms. The zero-order valence-corrected chi connectivity index (χ0v) is 12.2. The first kappa shape index (κ1) is 15.5. The van der Waals surface area contributed by atoms with Crippen molar-refractivity contribution in [2.24, 2.45) is 17.3 Å². The fourth-order valence-corrected chi connectivity index (χ4v) is 3.00. The Labute approximate surface area is 111 Å². The van der Waals surface area contributed by atoms with E-state index in [1.807, 2.05) is 6.92 Å². The van der Waals surface area contributed by atoms with Crippen LogP contribution >= 0.6 is 0 Å². The lowest BCUT2D eigenvalue weighted by Crippen LogP contribution is -2.39. The van der Waals surface area contributed by atoms with Gasteiger partial charge in [-0.3, -0.25) is 4.79 Å². The van der Waals surface area contributed by atoms with E-state index in [0.29, 0.717) is 13.0 Å². The average molecular weight is 255 g/mol. The first-order valence-electron chi connectivity index (χ1n) is 7.41. The zero-order chi connectivity index (χ0) is 13.6. The predicted molar refractivity (Wildman–Crippen MR) is 74.6 cm³/mol. The smallest absolute Gasteiger partial charge is 0.307 e. The van der Waals surface area contributed by atoms with Crippen molar-refractivity contribution in [2.45, 2.75) is 59.3 Å². The van der Waals surface area contributed by atoms with Gasteiger partial charge in [0.1, 0.15) is 0 Å². The fourth-order valence-electron chi connectivity index (χ4n) is 3.00. The minimum absolute atomic E-state index is 0.243. The standard InChI is InChI=1S/C15H29NO2/c1-4-12(14(17)18)10-16-11-15(2,3)13-8-6-5-7-9-13/h12-13,16H,4-11H2,1-3H3,(H,17,18). The van der Waals surface area contributed by atoms with Crippen molar-refractivity contribution in [1.82, 2.24) is 5.32 Å². The molecule has 106 valence electrons. The third-order valence-electron chi connectivity index (χ3n) is 4.52. The van der Waals surface area contributed by atoms with E-state index in [0.717, 1.165) is 12.5 Å². The largest absolute Gasteiger partial charge is 0.481 e. The molecule has 0 aromatic heterocycles. The molecule has 0 saturated heterocycles. The Morgan fingerprint density at radius 2 is 1.94 bits per heavy atom.